The van der Waals surface area contributed by atoms with Crippen LogP contribution in [0.15, 0.2) is 6.07 Å². The number of carbonyl (C=O) groups excluding carboxylic acids is 1. The van der Waals surface area contributed by atoms with Crippen LogP contribution in [0.5, 0.6) is 0 Å². The molecule has 0 radical (unpaired) electrons. The molecule has 1 saturated heterocycles. The Balaban J connectivity index is 2.21. The van der Waals surface area contributed by atoms with E-state index in [2.05, 4.69) is 10.2 Å². The second kappa shape index (κ2) is 5.16. The minimum absolute atomic E-state index is 0.197. The van der Waals surface area contributed by atoms with Gasteiger partial charge in [-0.15, -0.1) is 10.2 Å². The minimum atomic E-state index is -0.317. The molecule has 5 nitrogen and oxygen atoms in total. The van der Waals surface area contributed by atoms with E-state index in [1.54, 1.807) is 6.07 Å². The average Bonchev–Trinajstić information content (AvgIpc) is 2.32. The van der Waals surface area contributed by atoms with Crippen LogP contribution in [-0.2, 0) is 9.53 Å². The number of amides is 1. The van der Waals surface area contributed by atoms with E-state index in [0.717, 1.165) is 0 Å². The van der Waals surface area contributed by atoms with E-state index in [0.29, 0.717) is 25.0 Å². The van der Waals surface area contributed by atoms with Crippen molar-refractivity contribution in [2.24, 2.45) is 11.7 Å². The first-order valence-electron chi connectivity index (χ1n) is 5.17. The van der Waals surface area contributed by atoms with Crippen LogP contribution in [-0.4, -0.2) is 22.7 Å². The van der Waals surface area contributed by atoms with Gasteiger partial charge in [-0.3, -0.25) is 4.79 Å². The summed E-state index contributed by atoms with van der Waals surface area (Å²) < 4.78 is 5.56. The zero-order valence-electron chi connectivity index (χ0n) is 8.90. The van der Waals surface area contributed by atoms with Crippen LogP contribution in [0.4, 0.5) is 0 Å². The number of aromatic nitrogens is 2. The number of hydrogen-bond donors (Lipinski definition) is 1. The smallest absolute Gasteiger partial charge is 0.220 e. The molecule has 0 spiro atoms. The molecule has 1 aromatic heterocycles. The van der Waals surface area contributed by atoms with E-state index < -0.39 is 0 Å². The van der Waals surface area contributed by atoms with Gasteiger partial charge in [-0.1, -0.05) is 23.2 Å². The van der Waals surface area contributed by atoms with Gasteiger partial charge in [0.15, 0.2) is 10.3 Å². The molecule has 0 bridgehead atoms. The molecule has 1 amide bonds. The van der Waals surface area contributed by atoms with Gasteiger partial charge >= 0.3 is 0 Å². The third kappa shape index (κ3) is 2.86. The first-order valence-corrected chi connectivity index (χ1v) is 5.93. The lowest BCUT2D eigenvalue weighted by Crippen LogP contribution is -2.30. The molecule has 2 unspecified atom stereocenters. The third-order valence-corrected chi connectivity index (χ3v) is 3.26. The van der Waals surface area contributed by atoms with Crippen LogP contribution in [0.25, 0.3) is 0 Å². The highest BCUT2D eigenvalue weighted by molar-refractivity contribution is 6.31. The van der Waals surface area contributed by atoms with E-state index in [1.165, 1.54) is 0 Å². The first kappa shape index (κ1) is 12.5. The normalized spacial score (nSPS) is 24.6. The standard InChI is InChI=1S/C10H11Cl2N3O2/c11-8-4-6(9(12)15-14-8)7-3-5(10(13)16)1-2-17-7/h4-5,7H,1-3H2,(H2,13,16). The maximum Gasteiger partial charge on any atom is 0.220 e. The highest BCUT2D eigenvalue weighted by atomic mass is 35.5. The Bertz CT molecular complexity index is 442. The molecule has 1 fully saturated rings. The first-order chi connectivity index (χ1) is 8.08. The van der Waals surface area contributed by atoms with Crippen molar-refractivity contribution in [3.8, 4) is 0 Å². The second-order valence-corrected chi connectivity index (χ2v) is 4.64. The van der Waals surface area contributed by atoms with Crippen LogP contribution >= 0.6 is 23.2 Å². The van der Waals surface area contributed by atoms with Gasteiger partial charge in [-0.2, -0.15) is 0 Å². The summed E-state index contributed by atoms with van der Waals surface area (Å²) in [5, 5.41) is 7.82. The quantitative estimate of drug-likeness (QED) is 0.892. The number of hydrogen-bond acceptors (Lipinski definition) is 4. The van der Waals surface area contributed by atoms with Gasteiger partial charge in [0, 0.05) is 18.1 Å². The number of halogens is 2. The average molecular weight is 276 g/mol. The second-order valence-electron chi connectivity index (χ2n) is 3.90. The molecule has 2 atom stereocenters. The van der Waals surface area contributed by atoms with Gasteiger partial charge in [-0.25, -0.2) is 0 Å². The number of nitrogens with two attached hydrogens (primary N) is 1. The van der Waals surface area contributed by atoms with Gasteiger partial charge in [0.1, 0.15) is 0 Å². The van der Waals surface area contributed by atoms with Crippen molar-refractivity contribution in [2.75, 3.05) is 6.61 Å². The minimum Gasteiger partial charge on any atom is -0.373 e. The monoisotopic (exact) mass is 275 g/mol. The van der Waals surface area contributed by atoms with E-state index in [-0.39, 0.29) is 28.2 Å². The van der Waals surface area contributed by atoms with Crippen LogP contribution < -0.4 is 5.73 Å². The molecule has 2 heterocycles. The fraction of sp³-hybridized carbons (Fsp3) is 0.500. The zero-order chi connectivity index (χ0) is 12.4. The zero-order valence-corrected chi connectivity index (χ0v) is 10.4. The van der Waals surface area contributed by atoms with Crippen LogP contribution in [0.3, 0.4) is 0 Å². The van der Waals surface area contributed by atoms with Crippen LogP contribution in [0.2, 0.25) is 10.3 Å². The Morgan fingerprint density at radius 1 is 1.47 bits per heavy atom. The van der Waals surface area contributed by atoms with Gasteiger partial charge < -0.3 is 10.5 Å². The molecule has 92 valence electrons. The van der Waals surface area contributed by atoms with Crippen molar-refractivity contribution >= 4 is 29.1 Å². The molecule has 2 N–H and O–H groups in total. The summed E-state index contributed by atoms with van der Waals surface area (Å²) >= 11 is 11.7. The van der Waals surface area contributed by atoms with Crippen molar-refractivity contribution in [3.63, 3.8) is 0 Å². The summed E-state index contributed by atoms with van der Waals surface area (Å²) in [7, 11) is 0. The Morgan fingerprint density at radius 2 is 2.24 bits per heavy atom. The highest BCUT2D eigenvalue weighted by Crippen LogP contribution is 2.34. The number of nitrogens with zero attached hydrogens (tertiary/aromatic N) is 2. The number of primary amides is 1. The SMILES string of the molecule is NC(=O)C1CCOC(c2cc(Cl)nnc2Cl)C1. The molecule has 17 heavy (non-hydrogen) atoms. The van der Waals surface area contributed by atoms with E-state index in [1.807, 2.05) is 0 Å². The molecule has 1 aromatic rings. The van der Waals surface area contributed by atoms with Crippen molar-refractivity contribution in [3.05, 3.63) is 21.9 Å². The van der Waals surface area contributed by atoms with Crippen LogP contribution in [0, 0.1) is 5.92 Å². The summed E-state index contributed by atoms with van der Waals surface area (Å²) in [5.41, 5.74) is 5.94. The maximum absolute atomic E-state index is 11.2. The van der Waals surface area contributed by atoms with Gasteiger partial charge in [0.2, 0.25) is 5.91 Å². The Labute approximate surface area is 108 Å². The van der Waals surface area contributed by atoms with Crippen molar-refractivity contribution < 1.29 is 9.53 Å². The molecule has 1 aliphatic rings. The summed E-state index contributed by atoms with van der Waals surface area (Å²) in [6.45, 7) is 0.467. The number of rotatable bonds is 2. The van der Waals surface area contributed by atoms with Crippen LogP contribution in [0.1, 0.15) is 24.5 Å². The molecule has 7 heteroatoms. The summed E-state index contributed by atoms with van der Waals surface area (Å²) in [5.74, 6) is -0.515. The summed E-state index contributed by atoms with van der Waals surface area (Å²) in [6, 6.07) is 1.60. The largest absolute Gasteiger partial charge is 0.373 e. The molecule has 0 aromatic carbocycles. The number of carbonyl (C=O) groups is 1. The van der Waals surface area contributed by atoms with Gasteiger partial charge in [-0.05, 0) is 18.9 Å². The van der Waals surface area contributed by atoms with E-state index >= 15 is 0 Å². The predicted molar refractivity (Wildman–Crippen MR) is 62.7 cm³/mol. The number of ether oxygens (including phenoxy) is 1. The van der Waals surface area contributed by atoms with Gasteiger partial charge in [0.05, 0.1) is 6.10 Å². The molecular formula is C10H11Cl2N3O2. The van der Waals surface area contributed by atoms with Crippen molar-refractivity contribution in [1.29, 1.82) is 0 Å². The summed E-state index contributed by atoms with van der Waals surface area (Å²) in [6.07, 6.45) is 0.828. The van der Waals surface area contributed by atoms with E-state index in [9.17, 15) is 4.79 Å². The molecule has 2 rings (SSSR count). The lowest BCUT2D eigenvalue weighted by atomic mass is 9.92. The Kier molecular flexibility index (Phi) is 3.81. The third-order valence-electron chi connectivity index (χ3n) is 2.78. The fourth-order valence-corrected chi connectivity index (χ4v) is 2.23. The van der Waals surface area contributed by atoms with Gasteiger partial charge in [0.25, 0.3) is 0 Å². The lowest BCUT2D eigenvalue weighted by molar-refractivity contribution is -0.126. The molecular weight excluding hydrogens is 265 g/mol. The molecule has 1 aliphatic heterocycles. The van der Waals surface area contributed by atoms with Crippen molar-refractivity contribution in [2.45, 2.75) is 18.9 Å². The van der Waals surface area contributed by atoms with Crippen molar-refractivity contribution in [1.82, 2.24) is 10.2 Å². The summed E-state index contributed by atoms with van der Waals surface area (Å²) in [4.78, 5) is 11.2. The maximum atomic E-state index is 11.2. The highest BCUT2D eigenvalue weighted by Gasteiger charge is 2.29. The fourth-order valence-electron chi connectivity index (χ4n) is 1.86. The lowest BCUT2D eigenvalue weighted by Gasteiger charge is -2.28. The predicted octanol–water partition coefficient (Wildman–Crippen LogP) is 1.74. The Hall–Kier alpha value is -0.910. The van der Waals surface area contributed by atoms with E-state index in [4.69, 9.17) is 33.7 Å². The molecule has 0 saturated carbocycles. The molecule has 0 aliphatic carbocycles. The Morgan fingerprint density at radius 3 is 2.94 bits per heavy atom. The topological polar surface area (TPSA) is 78.1 Å².